The van der Waals surface area contributed by atoms with Crippen LogP contribution in [0.1, 0.15) is 27.3 Å². The zero-order chi connectivity index (χ0) is 19.8. The molecule has 144 valence electrons. The smallest absolute Gasteiger partial charge is 0.267 e. The van der Waals surface area contributed by atoms with E-state index in [1.165, 1.54) is 6.07 Å². The van der Waals surface area contributed by atoms with Gasteiger partial charge in [-0.1, -0.05) is 12.1 Å². The first-order valence-electron chi connectivity index (χ1n) is 9.19. The van der Waals surface area contributed by atoms with Crippen molar-refractivity contribution in [3.05, 3.63) is 64.7 Å². The van der Waals surface area contributed by atoms with E-state index in [1.54, 1.807) is 19.2 Å². The van der Waals surface area contributed by atoms with Gasteiger partial charge in [0, 0.05) is 28.5 Å². The standard InChI is InChI=1S/C22H22FN3O2/c1-12-7-8-16(23)21-20(12)14(13(2)25-21)9-10-24-22(27)18-11-15-17(26-18)5-4-6-19(15)28-3/h4-8,11,25-26H,9-10H2,1-3H3,(H,24,27). The number of aryl methyl sites for hydroxylation is 2. The van der Waals surface area contributed by atoms with E-state index >= 15 is 0 Å². The van der Waals surface area contributed by atoms with Crippen molar-refractivity contribution in [2.75, 3.05) is 13.7 Å². The van der Waals surface area contributed by atoms with Crippen LogP contribution in [0.3, 0.4) is 0 Å². The fraction of sp³-hybridized carbons (Fsp3) is 0.227. The average molecular weight is 379 g/mol. The third kappa shape index (κ3) is 3.01. The number of amides is 1. The average Bonchev–Trinajstić information content (AvgIpc) is 3.27. The second kappa shape index (κ2) is 7.03. The van der Waals surface area contributed by atoms with Gasteiger partial charge in [-0.05, 0) is 55.7 Å². The van der Waals surface area contributed by atoms with Crippen LogP contribution in [0.15, 0.2) is 36.4 Å². The molecule has 0 aliphatic rings. The number of benzene rings is 2. The first kappa shape index (κ1) is 18.1. The topological polar surface area (TPSA) is 69.9 Å². The summed E-state index contributed by atoms with van der Waals surface area (Å²) in [6, 6.07) is 10.7. The van der Waals surface area contributed by atoms with Gasteiger partial charge in [0.25, 0.3) is 5.91 Å². The van der Waals surface area contributed by atoms with Crippen LogP contribution in [0.25, 0.3) is 21.8 Å². The number of H-pyrrole nitrogens is 2. The number of hydrogen-bond acceptors (Lipinski definition) is 2. The van der Waals surface area contributed by atoms with Gasteiger partial charge in [-0.2, -0.15) is 0 Å². The van der Waals surface area contributed by atoms with Crippen LogP contribution in [0.4, 0.5) is 4.39 Å². The normalized spacial score (nSPS) is 11.3. The quantitative estimate of drug-likeness (QED) is 0.481. The first-order valence-corrected chi connectivity index (χ1v) is 9.19. The summed E-state index contributed by atoms with van der Waals surface area (Å²) in [5.74, 6) is 0.282. The van der Waals surface area contributed by atoms with E-state index in [1.807, 2.05) is 32.0 Å². The van der Waals surface area contributed by atoms with Crippen molar-refractivity contribution in [2.24, 2.45) is 0 Å². The fourth-order valence-corrected chi connectivity index (χ4v) is 3.78. The maximum atomic E-state index is 14.1. The molecule has 0 spiro atoms. The molecule has 2 heterocycles. The van der Waals surface area contributed by atoms with Gasteiger partial charge < -0.3 is 20.0 Å². The predicted octanol–water partition coefficient (Wildman–Crippen LogP) is 4.39. The minimum Gasteiger partial charge on any atom is -0.496 e. The van der Waals surface area contributed by atoms with Crippen LogP contribution in [0.2, 0.25) is 0 Å². The molecule has 0 unspecified atom stereocenters. The summed E-state index contributed by atoms with van der Waals surface area (Å²) in [6.45, 7) is 4.35. The van der Waals surface area contributed by atoms with E-state index in [4.69, 9.17) is 4.74 Å². The van der Waals surface area contributed by atoms with Gasteiger partial charge in [0.15, 0.2) is 0 Å². The van der Waals surface area contributed by atoms with Crippen LogP contribution in [0.5, 0.6) is 5.75 Å². The number of aromatic nitrogens is 2. The molecule has 2 aromatic carbocycles. The lowest BCUT2D eigenvalue weighted by atomic mass is 10.0. The number of carbonyl (C=O) groups excluding carboxylic acids is 1. The van der Waals surface area contributed by atoms with Crippen LogP contribution >= 0.6 is 0 Å². The Hall–Kier alpha value is -3.28. The minimum atomic E-state index is -0.258. The Morgan fingerprint density at radius 2 is 2.00 bits per heavy atom. The summed E-state index contributed by atoms with van der Waals surface area (Å²) < 4.78 is 19.4. The second-order valence-electron chi connectivity index (χ2n) is 6.95. The van der Waals surface area contributed by atoms with E-state index in [0.717, 1.165) is 38.9 Å². The minimum absolute atomic E-state index is 0.182. The fourth-order valence-electron chi connectivity index (χ4n) is 3.78. The maximum Gasteiger partial charge on any atom is 0.267 e. The SMILES string of the molecule is COc1cccc2[nH]c(C(=O)NCCc3c(C)[nH]c4c(F)ccc(C)c34)cc12. The zero-order valence-corrected chi connectivity index (χ0v) is 16.1. The molecule has 4 aromatic rings. The van der Waals surface area contributed by atoms with Crippen LogP contribution in [0, 0.1) is 19.7 Å². The van der Waals surface area contributed by atoms with Crippen LogP contribution in [-0.4, -0.2) is 29.5 Å². The Morgan fingerprint density at radius 1 is 1.18 bits per heavy atom. The highest BCUT2D eigenvalue weighted by Crippen LogP contribution is 2.28. The predicted molar refractivity (Wildman–Crippen MR) is 109 cm³/mol. The molecule has 28 heavy (non-hydrogen) atoms. The number of rotatable bonds is 5. The molecule has 4 rings (SSSR count). The summed E-state index contributed by atoms with van der Waals surface area (Å²) >= 11 is 0. The van der Waals surface area contributed by atoms with E-state index in [9.17, 15) is 9.18 Å². The zero-order valence-electron chi connectivity index (χ0n) is 16.1. The van der Waals surface area contributed by atoms with Crippen molar-refractivity contribution < 1.29 is 13.9 Å². The molecule has 0 saturated heterocycles. The number of fused-ring (bicyclic) bond motifs is 2. The molecule has 0 radical (unpaired) electrons. The van der Waals surface area contributed by atoms with Gasteiger partial charge in [0.1, 0.15) is 17.3 Å². The van der Waals surface area contributed by atoms with Gasteiger partial charge in [-0.3, -0.25) is 4.79 Å². The lowest BCUT2D eigenvalue weighted by molar-refractivity contribution is 0.0950. The van der Waals surface area contributed by atoms with Gasteiger partial charge in [0.2, 0.25) is 0 Å². The maximum absolute atomic E-state index is 14.1. The molecule has 2 aromatic heterocycles. The highest BCUT2D eigenvalue weighted by molar-refractivity contribution is 5.99. The molecule has 3 N–H and O–H groups in total. The van der Waals surface area contributed by atoms with Crippen molar-refractivity contribution in [2.45, 2.75) is 20.3 Å². The molecule has 0 aliphatic carbocycles. The molecule has 1 amide bonds. The van der Waals surface area contributed by atoms with Crippen LogP contribution < -0.4 is 10.1 Å². The van der Waals surface area contributed by atoms with Crippen molar-refractivity contribution in [3.63, 3.8) is 0 Å². The lowest BCUT2D eigenvalue weighted by Crippen LogP contribution is -2.26. The molecule has 0 bridgehead atoms. The number of hydrogen-bond donors (Lipinski definition) is 3. The molecule has 0 fully saturated rings. The third-order valence-electron chi connectivity index (χ3n) is 5.18. The van der Waals surface area contributed by atoms with Crippen molar-refractivity contribution in [1.82, 2.24) is 15.3 Å². The highest BCUT2D eigenvalue weighted by atomic mass is 19.1. The summed E-state index contributed by atoms with van der Waals surface area (Å²) in [5.41, 5.74) is 4.84. The lowest BCUT2D eigenvalue weighted by Gasteiger charge is -2.06. The molecular formula is C22H22FN3O2. The molecule has 0 aliphatic heterocycles. The van der Waals surface area contributed by atoms with E-state index in [0.29, 0.717) is 24.2 Å². The number of ether oxygens (including phenoxy) is 1. The monoisotopic (exact) mass is 379 g/mol. The van der Waals surface area contributed by atoms with Gasteiger partial charge in [-0.15, -0.1) is 0 Å². The summed E-state index contributed by atoms with van der Waals surface area (Å²) in [4.78, 5) is 18.8. The Morgan fingerprint density at radius 3 is 2.79 bits per heavy atom. The Bertz CT molecular complexity index is 1190. The molecule has 5 nitrogen and oxygen atoms in total. The summed E-state index contributed by atoms with van der Waals surface area (Å²) in [6.07, 6.45) is 0.616. The molecular weight excluding hydrogens is 357 g/mol. The van der Waals surface area contributed by atoms with E-state index in [2.05, 4.69) is 15.3 Å². The second-order valence-corrected chi connectivity index (χ2v) is 6.95. The Kier molecular flexibility index (Phi) is 4.55. The Labute approximate surface area is 161 Å². The molecule has 0 atom stereocenters. The summed E-state index contributed by atoms with van der Waals surface area (Å²) in [7, 11) is 1.61. The number of nitrogens with one attached hydrogen (secondary N) is 3. The largest absolute Gasteiger partial charge is 0.496 e. The summed E-state index contributed by atoms with van der Waals surface area (Å²) in [5, 5.41) is 4.72. The van der Waals surface area contributed by atoms with Crippen molar-refractivity contribution in [3.8, 4) is 5.75 Å². The number of aromatic amines is 2. The van der Waals surface area contributed by atoms with Crippen molar-refractivity contribution in [1.29, 1.82) is 0 Å². The number of carbonyl (C=O) groups is 1. The van der Waals surface area contributed by atoms with Gasteiger partial charge >= 0.3 is 0 Å². The van der Waals surface area contributed by atoms with E-state index < -0.39 is 0 Å². The van der Waals surface area contributed by atoms with E-state index in [-0.39, 0.29) is 11.7 Å². The Balaban J connectivity index is 1.52. The number of methoxy groups -OCH3 is 1. The van der Waals surface area contributed by atoms with Gasteiger partial charge in [-0.25, -0.2) is 4.39 Å². The van der Waals surface area contributed by atoms with Crippen molar-refractivity contribution >= 4 is 27.7 Å². The van der Waals surface area contributed by atoms with Crippen LogP contribution in [-0.2, 0) is 6.42 Å². The molecule has 6 heteroatoms. The van der Waals surface area contributed by atoms with Gasteiger partial charge in [0.05, 0.1) is 12.6 Å². The highest BCUT2D eigenvalue weighted by Gasteiger charge is 2.15. The third-order valence-corrected chi connectivity index (χ3v) is 5.18. The number of halogens is 1. The molecule has 0 saturated carbocycles. The first-order chi connectivity index (χ1) is 13.5.